The molecule has 1 aliphatic heterocycles. The highest BCUT2D eigenvalue weighted by atomic mass is 19.1. The van der Waals surface area contributed by atoms with Crippen LogP contribution < -0.4 is 10.6 Å². The number of rotatable bonds is 6. The number of nitrogens with zero attached hydrogens (tertiary/aromatic N) is 1. The van der Waals surface area contributed by atoms with Gasteiger partial charge in [0.25, 0.3) is 0 Å². The Balaban J connectivity index is 1.57. The van der Waals surface area contributed by atoms with Gasteiger partial charge in [0.05, 0.1) is 6.61 Å². The summed E-state index contributed by atoms with van der Waals surface area (Å²) >= 11 is 0. The molecule has 1 aromatic heterocycles. The molecular formula is C23H22FN3O3. The zero-order valence-electron chi connectivity index (χ0n) is 16.6. The van der Waals surface area contributed by atoms with Crippen molar-refractivity contribution in [3.63, 3.8) is 0 Å². The number of aromatic nitrogens is 1. The van der Waals surface area contributed by atoms with Gasteiger partial charge in [0.15, 0.2) is 0 Å². The molecule has 7 heteroatoms. The fourth-order valence-electron chi connectivity index (χ4n) is 3.71. The van der Waals surface area contributed by atoms with E-state index in [0.29, 0.717) is 31.7 Å². The van der Waals surface area contributed by atoms with Crippen molar-refractivity contribution in [2.75, 3.05) is 24.4 Å². The lowest BCUT2D eigenvalue weighted by molar-refractivity contribution is -0.116. The predicted octanol–water partition coefficient (Wildman–Crippen LogP) is 3.96. The largest absolute Gasteiger partial charge is 0.383 e. The zero-order valence-corrected chi connectivity index (χ0v) is 16.6. The summed E-state index contributed by atoms with van der Waals surface area (Å²) in [4.78, 5) is 24.1. The van der Waals surface area contributed by atoms with E-state index in [1.165, 1.54) is 18.2 Å². The number of carbonyl (C=O) groups is 2. The Morgan fingerprint density at radius 1 is 1.27 bits per heavy atom. The van der Waals surface area contributed by atoms with E-state index >= 15 is 0 Å². The molecule has 2 amide bonds. The SMILES string of the molecule is COCCn1c(/C=C/C(=O)Nc2cccc3c2CCC(=O)N3)cc2cc(F)ccc21. The van der Waals surface area contributed by atoms with Crippen LogP contribution in [0, 0.1) is 5.82 Å². The molecule has 0 spiro atoms. The summed E-state index contributed by atoms with van der Waals surface area (Å²) in [5.74, 6) is -0.609. The second-order valence-corrected chi connectivity index (χ2v) is 7.12. The highest BCUT2D eigenvalue weighted by Gasteiger charge is 2.18. The average molecular weight is 407 g/mol. The van der Waals surface area contributed by atoms with Crippen LogP contribution in [0.4, 0.5) is 15.8 Å². The Labute approximate surface area is 173 Å². The van der Waals surface area contributed by atoms with Crippen molar-refractivity contribution in [2.24, 2.45) is 0 Å². The molecule has 4 rings (SSSR count). The second kappa shape index (κ2) is 8.51. The monoisotopic (exact) mass is 407 g/mol. The van der Waals surface area contributed by atoms with E-state index in [1.54, 1.807) is 25.3 Å². The molecule has 0 aliphatic carbocycles. The number of carbonyl (C=O) groups excluding carboxylic acids is 2. The summed E-state index contributed by atoms with van der Waals surface area (Å²) < 4.78 is 20.8. The van der Waals surface area contributed by atoms with Gasteiger partial charge in [-0.25, -0.2) is 4.39 Å². The maximum Gasteiger partial charge on any atom is 0.248 e. The molecule has 30 heavy (non-hydrogen) atoms. The smallest absolute Gasteiger partial charge is 0.248 e. The van der Waals surface area contributed by atoms with Crippen molar-refractivity contribution in [3.8, 4) is 0 Å². The van der Waals surface area contributed by atoms with Crippen LogP contribution in [-0.4, -0.2) is 30.1 Å². The lowest BCUT2D eigenvalue weighted by atomic mass is 10.0. The van der Waals surface area contributed by atoms with Gasteiger partial charge in [0.1, 0.15) is 5.82 Å². The number of nitrogens with one attached hydrogen (secondary N) is 2. The third-order valence-corrected chi connectivity index (χ3v) is 5.13. The Morgan fingerprint density at radius 2 is 2.13 bits per heavy atom. The fourth-order valence-corrected chi connectivity index (χ4v) is 3.71. The number of hydrogen-bond donors (Lipinski definition) is 2. The van der Waals surface area contributed by atoms with Crippen molar-refractivity contribution in [1.82, 2.24) is 4.57 Å². The minimum atomic E-state index is -0.305. The van der Waals surface area contributed by atoms with Crippen LogP contribution in [0.15, 0.2) is 48.5 Å². The van der Waals surface area contributed by atoms with E-state index in [-0.39, 0.29) is 17.6 Å². The zero-order chi connectivity index (χ0) is 21.1. The maximum atomic E-state index is 13.6. The summed E-state index contributed by atoms with van der Waals surface area (Å²) in [6.45, 7) is 1.08. The van der Waals surface area contributed by atoms with Gasteiger partial charge in [-0.1, -0.05) is 6.07 Å². The van der Waals surface area contributed by atoms with E-state index in [1.807, 2.05) is 22.8 Å². The average Bonchev–Trinajstić information content (AvgIpc) is 3.07. The van der Waals surface area contributed by atoms with Crippen LogP contribution >= 0.6 is 0 Å². The highest BCUT2D eigenvalue weighted by Crippen LogP contribution is 2.29. The number of halogens is 1. The Bertz CT molecular complexity index is 1150. The first-order valence-electron chi connectivity index (χ1n) is 9.73. The van der Waals surface area contributed by atoms with Gasteiger partial charge < -0.3 is 19.9 Å². The summed E-state index contributed by atoms with van der Waals surface area (Å²) in [5, 5.41) is 6.48. The molecule has 0 unspecified atom stereocenters. The Hall–Kier alpha value is -3.45. The molecule has 0 saturated heterocycles. The molecule has 3 aromatic rings. The van der Waals surface area contributed by atoms with Gasteiger partial charge in [-0.05, 0) is 54.5 Å². The Morgan fingerprint density at radius 3 is 2.97 bits per heavy atom. The van der Waals surface area contributed by atoms with Crippen LogP contribution in [-0.2, 0) is 27.3 Å². The molecule has 154 valence electrons. The number of fused-ring (bicyclic) bond motifs is 2. The number of ether oxygens (including phenoxy) is 1. The van der Waals surface area contributed by atoms with Gasteiger partial charge in [0.2, 0.25) is 11.8 Å². The van der Waals surface area contributed by atoms with Crippen LogP contribution in [0.5, 0.6) is 0 Å². The molecular weight excluding hydrogens is 385 g/mol. The van der Waals surface area contributed by atoms with Gasteiger partial charge >= 0.3 is 0 Å². The normalized spacial score (nSPS) is 13.5. The first-order valence-corrected chi connectivity index (χ1v) is 9.73. The lowest BCUT2D eigenvalue weighted by Gasteiger charge is -2.19. The molecule has 1 aliphatic rings. The number of hydrogen-bond acceptors (Lipinski definition) is 3. The van der Waals surface area contributed by atoms with E-state index < -0.39 is 0 Å². The summed E-state index contributed by atoms with van der Waals surface area (Å²) in [7, 11) is 1.62. The third-order valence-electron chi connectivity index (χ3n) is 5.13. The highest BCUT2D eigenvalue weighted by molar-refractivity contribution is 6.04. The van der Waals surface area contributed by atoms with E-state index in [2.05, 4.69) is 10.6 Å². The van der Waals surface area contributed by atoms with Crippen molar-refractivity contribution in [3.05, 3.63) is 65.6 Å². The summed E-state index contributed by atoms with van der Waals surface area (Å²) in [5.41, 5.74) is 3.99. The number of methoxy groups -OCH3 is 1. The van der Waals surface area contributed by atoms with Gasteiger partial charge in [-0.15, -0.1) is 0 Å². The summed E-state index contributed by atoms with van der Waals surface area (Å²) in [6, 6.07) is 11.9. The van der Waals surface area contributed by atoms with Crippen LogP contribution in [0.1, 0.15) is 17.7 Å². The molecule has 2 aromatic carbocycles. The number of anilines is 2. The third kappa shape index (κ3) is 4.11. The lowest BCUT2D eigenvalue weighted by Crippen LogP contribution is -2.21. The van der Waals surface area contributed by atoms with Crippen LogP contribution in [0.25, 0.3) is 17.0 Å². The van der Waals surface area contributed by atoms with Gasteiger partial charge in [-0.2, -0.15) is 0 Å². The standard InChI is InChI=1S/C23H22FN3O3/c1-30-12-11-27-17(14-15-13-16(24)5-8-21(15)27)6-9-22(28)25-19-3-2-4-20-18(19)7-10-23(29)26-20/h2-6,8-9,13-14H,7,10-12H2,1H3,(H,25,28)(H,26,29)/b9-6+. The topological polar surface area (TPSA) is 72.4 Å². The van der Waals surface area contributed by atoms with Crippen molar-refractivity contribution < 1.29 is 18.7 Å². The van der Waals surface area contributed by atoms with Crippen LogP contribution in [0.2, 0.25) is 0 Å². The minimum absolute atomic E-state index is 0.0220. The number of benzene rings is 2. The van der Waals surface area contributed by atoms with Crippen molar-refractivity contribution in [1.29, 1.82) is 0 Å². The van der Waals surface area contributed by atoms with Crippen molar-refractivity contribution in [2.45, 2.75) is 19.4 Å². The predicted molar refractivity (Wildman–Crippen MR) is 115 cm³/mol. The molecule has 0 atom stereocenters. The first kappa shape index (κ1) is 19.8. The molecule has 6 nitrogen and oxygen atoms in total. The minimum Gasteiger partial charge on any atom is -0.383 e. The van der Waals surface area contributed by atoms with Gasteiger partial charge in [-0.3, -0.25) is 9.59 Å². The Kier molecular flexibility index (Phi) is 5.63. The molecule has 0 saturated carbocycles. The number of amides is 2. The molecule has 0 bridgehead atoms. The van der Waals surface area contributed by atoms with Crippen LogP contribution in [0.3, 0.4) is 0 Å². The second-order valence-electron chi connectivity index (χ2n) is 7.12. The van der Waals surface area contributed by atoms with E-state index in [9.17, 15) is 14.0 Å². The first-order chi connectivity index (χ1) is 14.5. The van der Waals surface area contributed by atoms with E-state index in [0.717, 1.165) is 27.8 Å². The molecule has 2 N–H and O–H groups in total. The van der Waals surface area contributed by atoms with Gasteiger partial charge in [0, 0.05) is 54.1 Å². The fraction of sp³-hybridized carbons (Fsp3) is 0.217. The molecule has 0 fully saturated rings. The molecule has 0 radical (unpaired) electrons. The maximum absolute atomic E-state index is 13.6. The quantitative estimate of drug-likeness (QED) is 0.608. The molecule has 2 heterocycles. The summed E-state index contributed by atoms with van der Waals surface area (Å²) in [6.07, 6.45) is 4.14. The van der Waals surface area contributed by atoms with E-state index in [4.69, 9.17) is 4.74 Å². The van der Waals surface area contributed by atoms with Crippen molar-refractivity contribution >= 4 is 40.2 Å².